The van der Waals surface area contributed by atoms with Crippen LogP contribution in [0.2, 0.25) is 0 Å². The standard InChI is InChI=1S/C34H33N3O3S/c1-22-10-8-11-26(18-22)20-31(37-33(39)27-12-6-5-7-13-27)34(40)36-28-14-9-15-30(21-28)41-25(4)32(38)35-29-17-16-23(2)24(3)19-29/h5-21,25H,1-4H3,(H,35,38)(H,36,40)(H,37,39)/b31-20+. The predicted molar refractivity (Wildman–Crippen MR) is 168 cm³/mol. The number of thioether (sulfide) groups is 1. The van der Waals surface area contributed by atoms with Crippen LogP contribution in [0.3, 0.4) is 0 Å². The van der Waals surface area contributed by atoms with Crippen LogP contribution in [0.1, 0.15) is 39.5 Å². The van der Waals surface area contributed by atoms with Gasteiger partial charge in [0.05, 0.1) is 5.25 Å². The van der Waals surface area contributed by atoms with Crippen LogP contribution in [0.15, 0.2) is 108 Å². The Morgan fingerprint density at radius 1 is 0.732 bits per heavy atom. The molecular weight excluding hydrogens is 530 g/mol. The lowest BCUT2D eigenvalue weighted by atomic mass is 10.1. The topological polar surface area (TPSA) is 87.3 Å². The van der Waals surface area contributed by atoms with E-state index in [1.807, 2.05) is 94.4 Å². The van der Waals surface area contributed by atoms with Gasteiger partial charge in [-0.3, -0.25) is 14.4 Å². The van der Waals surface area contributed by atoms with Gasteiger partial charge in [0.25, 0.3) is 11.8 Å². The maximum absolute atomic E-state index is 13.4. The first kappa shape index (κ1) is 29.4. The Morgan fingerprint density at radius 3 is 2.20 bits per heavy atom. The van der Waals surface area contributed by atoms with Crippen LogP contribution >= 0.6 is 11.8 Å². The summed E-state index contributed by atoms with van der Waals surface area (Å²) in [5, 5.41) is 8.26. The van der Waals surface area contributed by atoms with Crippen LogP contribution in [0.5, 0.6) is 0 Å². The zero-order chi connectivity index (χ0) is 29.4. The number of amides is 3. The Kier molecular flexibility index (Phi) is 9.77. The Hall–Kier alpha value is -4.62. The minimum absolute atomic E-state index is 0.111. The Morgan fingerprint density at radius 2 is 1.46 bits per heavy atom. The molecule has 1 atom stereocenters. The van der Waals surface area contributed by atoms with Crippen molar-refractivity contribution in [2.45, 2.75) is 37.8 Å². The van der Waals surface area contributed by atoms with E-state index in [0.29, 0.717) is 11.3 Å². The quantitative estimate of drug-likeness (QED) is 0.149. The summed E-state index contributed by atoms with van der Waals surface area (Å²) >= 11 is 1.39. The van der Waals surface area contributed by atoms with Gasteiger partial charge in [0, 0.05) is 21.8 Å². The largest absolute Gasteiger partial charge is 0.325 e. The monoisotopic (exact) mass is 563 g/mol. The number of benzene rings is 4. The average molecular weight is 564 g/mol. The number of anilines is 2. The van der Waals surface area contributed by atoms with Crippen molar-refractivity contribution in [1.29, 1.82) is 0 Å². The normalized spacial score (nSPS) is 11.9. The van der Waals surface area contributed by atoms with E-state index in [2.05, 4.69) is 16.0 Å². The molecule has 0 bridgehead atoms. The van der Waals surface area contributed by atoms with Crippen LogP contribution in [-0.4, -0.2) is 23.0 Å². The highest BCUT2D eigenvalue weighted by Gasteiger charge is 2.17. The van der Waals surface area contributed by atoms with Crippen LogP contribution in [-0.2, 0) is 9.59 Å². The van der Waals surface area contributed by atoms with Gasteiger partial charge >= 0.3 is 0 Å². The van der Waals surface area contributed by atoms with Gasteiger partial charge in [-0.1, -0.05) is 60.2 Å². The molecule has 6 nitrogen and oxygen atoms in total. The van der Waals surface area contributed by atoms with Crippen LogP contribution in [0.4, 0.5) is 11.4 Å². The summed E-state index contributed by atoms with van der Waals surface area (Å²) in [6, 6.07) is 29.5. The van der Waals surface area contributed by atoms with Gasteiger partial charge in [-0.25, -0.2) is 0 Å². The number of nitrogens with one attached hydrogen (secondary N) is 3. The van der Waals surface area contributed by atoms with Crippen LogP contribution < -0.4 is 16.0 Å². The average Bonchev–Trinajstić information content (AvgIpc) is 2.95. The summed E-state index contributed by atoms with van der Waals surface area (Å²) in [5.41, 5.74) is 5.97. The molecule has 0 saturated heterocycles. The molecule has 208 valence electrons. The fraction of sp³-hybridized carbons (Fsp3) is 0.147. The highest BCUT2D eigenvalue weighted by molar-refractivity contribution is 8.00. The van der Waals surface area contributed by atoms with Crippen molar-refractivity contribution in [2.24, 2.45) is 0 Å². The van der Waals surface area contributed by atoms with Gasteiger partial charge in [-0.2, -0.15) is 0 Å². The Balaban J connectivity index is 1.47. The van der Waals surface area contributed by atoms with Gasteiger partial charge in [0.15, 0.2) is 0 Å². The number of carbonyl (C=O) groups is 3. The number of aryl methyl sites for hydroxylation is 3. The van der Waals surface area contributed by atoms with E-state index < -0.39 is 5.91 Å². The lowest BCUT2D eigenvalue weighted by Gasteiger charge is -2.14. The van der Waals surface area contributed by atoms with E-state index in [4.69, 9.17) is 0 Å². The summed E-state index contributed by atoms with van der Waals surface area (Å²) in [6.07, 6.45) is 1.65. The van der Waals surface area contributed by atoms with Crippen molar-refractivity contribution in [3.05, 3.63) is 131 Å². The molecule has 7 heteroatoms. The zero-order valence-electron chi connectivity index (χ0n) is 23.5. The maximum Gasteiger partial charge on any atom is 0.272 e. The zero-order valence-corrected chi connectivity index (χ0v) is 24.3. The van der Waals surface area contributed by atoms with Gasteiger partial charge in [0.2, 0.25) is 5.91 Å². The molecule has 3 N–H and O–H groups in total. The van der Waals surface area contributed by atoms with Crippen molar-refractivity contribution < 1.29 is 14.4 Å². The second-order valence-electron chi connectivity index (χ2n) is 9.82. The molecule has 0 heterocycles. The minimum Gasteiger partial charge on any atom is -0.325 e. The van der Waals surface area contributed by atoms with Gasteiger partial charge in [-0.05, 0) is 92.9 Å². The first-order valence-electron chi connectivity index (χ1n) is 13.3. The number of rotatable bonds is 9. The molecule has 0 fully saturated rings. The molecule has 4 aromatic rings. The lowest BCUT2D eigenvalue weighted by Crippen LogP contribution is -2.30. The second kappa shape index (κ2) is 13.6. The molecule has 4 aromatic carbocycles. The maximum atomic E-state index is 13.4. The highest BCUT2D eigenvalue weighted by atomic mass is 32.2. The first-order chi connectivity index (χ1) is 19.7. The molecule has 0 aromatic heterocycles. The second-order valence-corrected chi connectivity index (χ2v) is 11.2. The van der Waals surface area contributed by atoms with Crippen molar-refractivity contribution in [2.75, 3.05) is 10.6 Å². The number of carbonyl (C=O) groups excluding carboxylic acids is 3. The molecule has 0 spiro atoms. The molecule has 0 aliphatic rings. The third-order valence-electron chi connectivity index (χ3n) is 6.43. The minimum atomic E-state index is -0.460. The number of hydrogen-bond acceptors (Lipinski definition) is 4. The van der Waals surface area contributed by atoms with Gasteiger partial charge in [-0.15, -0.1) is 11.8 Å². The summed E-state index contributed by atoms with van der Waals surface area (Å²) in [4.78, 5) is 40.0. The molecule has 4 rings (SSSR count). The smallest absolute Gasteiger partial charge is 0.272 e. The molecule has 1 unspecified atom stereocenters. The van der Waals surface area contributed by atoms with E-state index in [1.54, 1.807) is 36.4 Å². The highest BCUT2D eigenvalue weighted by Crippen LogP contribution is 2.27. The Labute approximate surface area is 245 Å². The Bertz CT molecular complexity index is 1600. The van der Waals surface area contributed by atoms with Crippen molar-refractivity contribution >= 4 is 46.9 Å². The molecule has 3 amide bonds. The summed E-state index contributed by atoms with van der Waals surface area (Å²) < 4.78 is 0. The fourth-order valence-corrected chi connectivity index (χ4v) is 4.96. The molecule has 0 aliphatic heterocycles. The fourth-order valence-electron chi connectivity index (χ4n) is 4.04. The lowest BCUT2D eigenvalue weighted by molar-refractivity contribution is -0.115. The SMILES string of the molecule is Cc1cccc(/C=C(/NC(=O)c2ccccc2)C(=O)Nc2cccc(SC(C)C(=O)Nc3ccc(C)c(C)c3)c2)c1. The molecule has 0 radical (unpaired) electrons. The van der Waals surface area contributed by atoms with Crippen LogP contribution in [0, 0.1) is 20.8 Å². The summed E-state index contributed by atoms with van der Waals surface area (Å²) in [5.74, 6) is -0.953. The van der Waals surface area contributed by atoms with E-state index in [0.717, 1.165) is 27.3 Å². The van der Waals surface area contributed by atoms with Gasteiger partial charge in [0.1, 0.15) is 5.70 Å². The molecule has 41 heavy (non-hydrogen) atoms. The van der Waals surface area contributed by atoms with Crippen molar-refractivity contribution in [3.8, 4) is 0 Å². The van der Waals surface area contributed by atoms with E-state index in [9.17, 15) is 14.4 Å². The summed E-state index contributed by atoms with van der Waals surface area (Å²) in [6.45, 7) is 7.85. The molecule has 0 saturated carbocycles. The van der Waals surface area contributed by atoms with E-state index >= 15 is 0 Å². The van der Waals surface area contributed by atoms with Crippen molar-refractivity contribution in [3.63, 3.8) is 0 Å². The molecule has 0 aliphatic carbocycles. The summed E-state index contributed by atoms with van der Waals surface area (Å²) in [7, 11) is 0. The first-order valence-corrected chi connectivity index (χ1v) is 14.2. The predicted octanol–water partition coefficient (Wildman–Crippen LogP) is 7.14. The molecular formula is C34H33N3O3S. The van der Waals surface area contributed by atoms with E-state index in [1.165, 1.54) is 17.3 Å². The van der Waals surface area contributed by atoms with E-state index in [-0.39, 0.29) is 22.8 Å². The van der Waals surface area contributed by atoms with Crippen molar-refractivity contribution in [1.82, 2.24) is 5.32 Å². The van der Waals surface area contributed by atoms with Gasteiger partial charge < -0.3 is 16.0 Å². The third kappa shape index (κ3) is 8.43. The number of hydrogen-bond donors (Lipinski definition) is 3. The third-order valence-corrected chi connectivity index (χ3v) is 7.52. The van der Waals surface area contributed by atoms with Crippen LogP contribution in [0.25, 0.3) is 6.08 Å².